The topological polar surface area (TPSA) is 187 Å². The van der Waals surface area contributed by atoms with Gasteiger partial charge in [-0.2, -0.15) is 4.39 Å². The number of rotatable bonds is 4. The maximum absolute atomic E-state index is 13.0. The summed E-state index contributed by atoms with van der Waals surface area (Å²) in [5.41, 5.74) is -3.10. The van der Waals surface area contributed by atoms with Crippen LogP contribution in [0.5, 0.6) is 0 Å². The van der Waals surface area contributed by atoms with Gasteiger partial charge in [0.05, 0.1) is 45.8 Å². The van der Waals surface area contributed by atoms with Crippen LogP contribution in [0.25, 0.3) is 0 Å². The molecule has 2 aromatic rings. The fourth-order valence-corrected chi connectivity index (χ4v) is 3.10. The first kappa shape index (κ1) is 26.0. The van der Waals surface area contributed by atoms with Gasteiger partial charge in [-0.25, -0.2) is 9.59 Å². The molecule has 34 heavy (non-hydrogen) atoms. The molecule has 0 spiro atoms. The summed E-state index contributed by atoms with van der Waals surface area (Å²) in [6.45, 7) is 0.0262. The fraction of sp³-hybridized carbons (Fsp3) is 0.556. The first-order valence-corrected chi connectivity index (χ1v) is 10.3. The van der Waals surface area contributed by atoms with Crippen molar-refractivity contribution in [1.82, 2.24) is 19.1 Å². The Bertz CT molecular complexity index is 1100. The Hall–Kier alpha value is -2.66. The van der Waals surface area contributed by atoms with E-state index in [0.29, 0.717) is 0 Å². The summed E-state index contributed by atoms with van der Waals surface area (Å²) in [6.07, 6.45) is -0.323. The zero-order valence-corrected chi connectivity index (χ0v) is 18.3. The van der Waals surface area contributed by atoms with Crippen LogP contribution in [0.15, 0.2) is 31.6 Å². The molecule has 4 heterocycles. The van der Waals surface area contributed by atoms with E-state index in [1.54, 1.807) is 0 Å². The molecule has 4 unspecified atom stereocenters. The standard InChI is InChI=1S/C9H11ClN2O5.C9H11FN2O5/c2*10-6-1-12(9(15)11-8(6)14)7-4-16-5(2-13)3-17-7/h2*1,5,7,13H,2-4H2,(H,11,14,15). The third-order valence-electron chi connectivity index (χ3n) is 4.77. The van der Waals surface area contributed by atoms with E-state index < -0.39 is 46.9 Å². The molecule has 0 saturated carbocycles. The van der Waals surface area contributed by atoms with Gasteiger partial charge in [-0.3, -0.25) is 28.7 Å². The normalized spacial score (nSPS) is 24.8. The van der Waals surface area contributed by atoms with Gasteiger partial charge < -0.3 is 29.2 Å². The minimum atomic E-state index is -1.07. The molecule has 4 rings (SSSR count). The lowest BCUT2D eigenvalue weighted by Crippen LogP contribution is -2.41. The van der Waals surface area contributed by atoms with E-state index in [1.165, 1.54) is 6.20 Å². The lowest BCUT2D eigenvalue weighted by Gasteiger charge is -2.29. The van der Waals surface area contributed by atoms with Crippen LogP contribution in [-0.4, -0.2) is 81.2 Å². The van der Waals surface area contributed by atoms with Gasteiger partial charge >= 0.3 is 11.4 Å². The molecule has 2 saturated heterocycles. The maximum Gasteiger partial charge on any atom is 0.330 e. The third kappa shape index (κ3) is 6.26. The van der Waals surface area contributed by atoms with Crippen LogP contribution in [0.1, 0.15) is 12.5 Å². The van der Waals surface area contributed by atoms with Gasteiger partial charge in [-0.15, -0.1) is 0 Å². The predicted molar refractivity (Wildman–Crippen MR) is 111 cm³/mol. The lowest BCUT2D eigenvalue weighted by molar-refractivity contribution is -0.172. The second-order valence-electron chi connectivity index (χ2n) is 7.14. The van der Waals surface area contributed by atoms with Crippen molar-refractivity contribution >= 4 is 11.6 Å². The first-order chi connectivity index (χ1) is 16.2. The molecular weight excluding hydrogens is 487 g/mol. The molecule has 0 bridgehead atoms. The van der Waals surface area contributed by atoms with E-state index in [-0.39, 0.29) is 50.8 Å². The highest BCUT2D eigenvalue weighted by atomic mass is 35.5. The zero-order valence-electron chi connectivity index (χ0n) is 17.5. The van der Waals surface area contributed by atoms with Crippen LogP contribution in [0.4, 0.5) is 4.39 Å². The number of nitrogens with one attached hydrogen (secondary N) is 2. The number of hydrogen-bond acceptors (Lipinski definition) is 10. The highest BCUT2D eigenvalue weighted by Crippen LogP contribution is 2.16. The van der Waals surface area contributed by atoms with Gasteiger partial charge in [0.15, 0.2) is 12.5 Å². The zero-order chi connectivity index (χ0) is 24.8. The van der Waals surface area contributed by atoms with Crippen molar-refractivity contribution < 1.29 is 33.6 Å². The maximum atomic E-state index is 13.0. The van der Waals surface area contributed by atoms with Crippen LogP contribution >= 0.6 is 11.6 Å². The van der Waals surface area contributed by atoms with Gasteiger partial charge in [0, 0.05) is 6.20 Å². The van der Waals surface area contributed by atoms with E-state index >= 15 is 0 Å². The number of aliphatic hydroxyl groups is 2. The summed E-state index contributed by atoms with van der Waals surface area (Å²) in [7, 11) is 0. The Morgan fingerprint density at radius 1 is 0.824 bits per heavy atom. The van der Waals surface area contributed by atoms with Crippen LogP contribution < -0.4 is 22.5 Å². The number of halogens is 2. The molecule has 16 heteroatoms. The SMILES string of the molecule is O=c1[nH]c(=O)n(C2COC(CO)CO2)cc1Cl.O=c1[nH]c(=O)n(C2COC(CO)CO2)cc1F. The second kappa shape index (κ2) is 11.7. The summed E-state index contributed by atoms with van der Waals surface area (Å²) in [6, 6.07) is 0. The minimum absolute atomic E-state index is 0.00336. The molecule has 2 fully saturated rings. The number of aromatic nitrogens is 4. The Kier molecular flexibility index (Phi) is 8.90. The quantitative estimate of drug-likeness (QED) is 0.349. The monoisotopic (exact) mass is 508 g/mol. The van der Waals surface area contributed by atoms with Crippen molar-refractivity contribution in [1.29, 1.82) is 0 Å². The van der Waals surface area contributed by atoms with Crippen molar-refractivity contribution in [2.75, 3.05) is 39.6 Å². The second-order valence-corrected chi connectivity index (χ2v) is 7.55. The summed E-state index contributed by atoms with van der Waals surface area (Å²) in [4.78, 5) is 48.7. The lowest BCUT2D eigenvalue weighted by atomic mass is 10.3. The number of aromatic amines is 2. The highest BCUT2D eigenvalue weighted by molar-refractivity contribution is 6.30. The molecule has 188 valence electrons. The summed E-state index contributed by atoms with van der Waals surface area (Å²) in [5, 5.41) is 17.5. The van der Waals surface area contributed by atoms with Gasteiger partial charge in [0.25, 0.3) is 11.1 Å². The van der Waals surface area contributed by atoms with Crippen molar-refractivity contribution in [2.45, 2.75) is 24.7 Å². The predicted octanol–water partition coefficient (Wildman–Crippen LogP) is -2.32. The van der Waals surface area contributed by atoms with Gasteiger partial charge in [-0.1, -0.05) is 11.6 Å². The van der Waals surface area contributed by atoms with Gasteiger partial charge in [-0.05, 0) is 0 Å². The Labute approximate surface area is 194 Å². The number of aliphatic hydroxyl groups excluding tert-OH is 2. The molecule has 14 nitrogen and oxygen atoms in total. The Balaban J connectivity index is 0.000000191. The van der Waals surface area contributed by atoms with Gasteiger partial charge in [0.2, 0.25) is 5.82 Å². The fourth-order valence-electron chi connectivity index (χ4n) is 2.95. The smallest absolute Gasteiger partial charge is 0.330 e. The molecule has 4 N–H and O–H groups in total. The van der Waals surface area contributed by atoms with Crippen molar-refractivity contribution in [3.8, 4) is 0 Å². The van der Waals surface area contributed by atoms with Crippen LogP contribution in [0.2, 0.25) is 5.02 Å². The third-order valence-corrected chi connectivity index (χ3v) is 5.04. The molecule has 4 atom stereocenters. The molecule has 2 aromatic heterocycles. The van der Waals surface area contributed by atoms with Crippen LogP contribution in [-0.2, 0) is 18.9 Å². The van der Waals surface area contributed by atoms with E-state index in [9.17, 15) is 23.6 Å². The molecule has 2 aliphatic heterocycles. The average Bonchev–Trinajstić information content (AvgIpc) is 2.84. The molecule has 0 aromatic carbocycles. The van der Waals surface area contributed by atoms with Crippen molar-refractivity contribution in [3.05, 3.63) is 64.9 Å². The molecule has 0 amide bonds. The van der Waals surface area contributed by atoms with E-state index in [2.05, 4.69) is 4.98 Å². The van der Waals surface area contributed by atoms with Crippen LogP contribution in [0, 0.1) is 5.82 Å². The number of H-pyrrole nitrogens is 2. The number of ether oxygens (including phenoxy) is 4. The van der Waals surface area contributed by atoms with E-state index in [0.717, 1.165) is 15.3 Å². The van der Waals surface area contributed by atoms with E-state index in [4.69, 9.17) is 40.8 Å². The Morgan fingerprint density at radius 3 is 1.74 bits per heavy atom. The minimum Gasteiger partial charge on any atom is -0.394 e. The van der Waals surface area contributed by atoms with Gasteiger partial charge in [0.1, 0.15) is 17.2 Å². The number of hydrogen-bond donors (Lipinski definition) is 4. The summed E-state index contributed by atoms with van der Waals surface area (Å²) < 4.78 is 36.1. The van der Waals surface area contributed by atoms with E-state index in [1.807, 2.05) is 4.98 Å². The Morgan fingerprint density at radius 2 is 1.29 bits per heavy atom. The van der Waals surface area contributed by atoms with Crippen molar-refractivity contribution in [3.63, 3.8) is 0 Å². The van der Waals surface area contributed by atoms with Crippen LogP contribution in [0.3, 0.4) is 0 Å². The first-order valence-electron chi connectivity index (χ1n) is 9.93. The molecule has 0 radical (unpaired) electrons. The molecule has 2 aliphatic rings. The highest BCUT2D eigenvalue weighted by Gasteiger charge is 2.25. The van der Waals surface area contributed by atoms with Crippen molar-refractivity contribution in [2.24, 2.45) is 0 Å². The largest absolute Gasteiger partial charge is 0.394 e. The average molecular weight is 509 g/mol. The molecule has 0 aliphatic carbocycles. The number of nitrogens with zero attached hydrogens (tertiary/aromatic N) is 2. The summed E-state index contributed by atoms with van der Waals surface area (Å²) in [5.74, 6) is -1.07. The summed E-state index contributed by atoms with van der Waals surface area (Å²) >= 11 is 5.62. The molecular formula is C18H22ClFN4O10.